The summed E-state index contributed by atoms with van der Waals surface area (Å²) in [6.45, 7) is 2.74. The number of aromatic nitrogens is 1. The van der Waals surface area contributed by atoms with Crippen molar-refractivity contribution in [1.82, 2.24) is 10.3 Å². The van der Waals surface area contributed by atoms with E-state index in [4.69, 9.17) is 0 Å². The standard InChI is InChI=1S/C18H24N2O/c1-2-8-17(18-11-6-7-12-19-18)20-14-16(21)13-15-9-4-3-5-10-15/h3-7,9-12,16-17,20-21H,2,8,13-14H2,1H3. The van der Waals surface area contributed by atoms with E-state index in [2.05, 4.69) is 17.2 Å². The zero-order chi connectivity index (χ0) is 14.9. The Balaban J connectivity index is 1.87. The number of nitrogens with zero attached hydrogens (tertiary/aromatic N) is 1. The van der Waals surface area contributed by atoms with Gasteiger partial charge >= 0.3 is 0 Å². The van der Waals surface area contributed by atoms with Gasteiger partial charge in [0.05, 0.1) is 11.8 Å². The molecule has 0 radical (unpaired) electrons. The van der Waals surface area contributed by atoms with E-state index in [1.54, 1.807) is 0 Å². The zero-order valence-corrected chi connectivity index (χ0v) is 12.6. The third-order valence-corrected chi connectivity index (χ3v) is 3.54. The summed E-state index contributed by atoms with van der Waals surface area (Å²) in [5.41, 5.74) is 2.21. The largest absolute Gasteiger partial charge is 0.391 e. The van der Waals surface area contributed by atoms with Crippen LogP contribution in [-0.2, 0) is 6.42 Å². The van der Waals surface area contributed by atoms with Crippen molar-refractivity contribution < 1.29 is 5.11 Å². The number of aliphatic hydroxyl groups excluding tert-OH is 1. The number of pyridine rings is 1. The second-order valence-electron chi connectivity index (χ2n) is 5.35. The molecule has 3 heteroatoms. The number of benzene rings is 1. The highest BCUT2D eigenvalue weighted by atomic mass is 16.3. The minimum Gasteiger partial charge on any atom is -0.391 e. The first-order chi connectivity index (χ1) is 10.3. The van der Waals surface area contributed by atoms with Crippen LogP contribution in [0.2, 0.25) is 0 Å². The minimum atomic E-state index is -0.379. The second-order valence-corrected chi connectivity index (χ2v) is 5.35. The predicted molar refractivity (Wildman–Crippen MR) is 86.0 cm³/mol. The molecule has 2 atom stereocenters. The summed E-state index contributed by atoms with van der Waals surface area (Å²) in [7, 11) is 0. The topological polar surface area (TPSA) is 45.1 Å². The molecule has 2 N–H and O–H groups in total. The molecule has 0 saturated carbocycles. The number of aliphatic hydroxyl groups is 1. The van der Waals surface area contributed by atoms with Crippen molar-refractivity contribution in [3.8, 4) is 0 Å². The maximum absolute atomic E-state index is 10.2. The molecule has 0 amide bonds. The fraction of sp³-hybridized carbons (Fsp3) is 0.389. The Hall–Kier alpha value is -1.71. The van der Waals surface area contributed by atoms with Crippen molar-refractivity contribution in [3.63, 3.8) is 0 Å². The molecule has 2 unspecified atom stereocenters. The molecule has 0 aliphatic rings. The fourth-order valence-electron chi connectivity index (χ4n) is 2.46. The molecule has 21 heavy (non-hydrogen) atoms. The van der Waals surface area contributed by atoms with Gasteiger partial charge in [0.1, 0.15) is 0 Å². The van der Waals surface area contributed by atoms with Gasteiger partial charge in [-0.2, -0.15) is 0 Å². The first kappa shape index (κ1) is 15.7. The van der Waals surface area contributed by atoms with Crippen molar-refractivity contribution in [2.24, 2.45) is 0 Å². The average molecular weight is 284 g/mol. The van der Waals surface area contributed by atoms with E-state index in [9.17, 15) is 5.11 Å². The van der Waals surface area contributed by atoms with Crippen LogP contribution in [0.1, 0.15) is 37.1 Å². The summed E-state index contributed by atoms with van der Waals surface area (Å²) in [5, 5.41) is 13.6. The molecular weight excluding hydrogens is 260 g/mol. The van der Waals surface area contributed by atoms with Crippen LogP contribution in [0.25, 0.3) is 0 Å². The van der Waals surface area contributed by atoms with E-state index in [1.165, 1.54) is 0 Å². The highest BCUT2D eigenvalue weighted by Crippen LogP contribution is 2.16. The second kappa shape index (κ2) is 8.55. The monoisotopic (exact) mass is 284 g/mol. The molecule has 0 saturated heterocycles. The summed E-state index contributed by atoms with van der Waals surface area (Å²) in [6, 6.07) is 16.3. The predicted octanol–water partition coefficient (Wildman–Crippen LogP) is 3.12. The van der Waals surface area contributed by atoms with Crippen LogP contribution in [0.5, 0.6) is 0 Å². The van der Waals surface area contributed by atoms with Gasteiger partial charge in [-0.1, -0.05) is 49.7 Å². The van der Waals surface area contributed by atoms with Gasteiger partial charge in [-0.05, 0) is 30.5 Å². The highest BCUT2D eigenvalue weighted by molar-refractivity contribution is 5.15. The van der Waals surface area contributed by atoms with Gasteiger partial charge in [-0.25, -0.2) is 0 Å². The van der Waals surface area contributed by atoms with Crippen molar-refractivity contribution in [1.29, 1.82) is 0 Å². The molecule has 112 valence electrons. The lowest BCUT2D eigenvalue weighted by molar-refractivity contribution is 0.166. The average Bonchev–Trinajstić information content (AvgIpc) is 2.53. The van der Waals surface area contributed by atoms with Gasteiger partial charge in [0, 0.05) is 18.8 Å². The molecule has 3 nitrogen and oxygen atoms in total. The number of hydrogen-bond acceptors (Lipinski definition) is 3. The van der Waals surface area contributed by atoms with E-state index in [0.29, 0.717) is 13.0 Å². The van der Waals surface area contributed by atoms with Crippen LogP contribution in [0.15, 0.2) is 54.7 Å². The molecular formula is C18H24N2O. The maximum Gasteiger partial charge on any atom is 0.0705 e. The lowest BCUT2D eigenvalue weighted by atomic mass is 10.1. The summed E-state index contributed by atoms with van der Waals surface area (Å²) in [4.78, 5) is 4.42. The molecule has 1 aromatic carbocycles. The van der Waals surface area contributed by atoms with Crippen LogP contribution in [0, 0.1) is 0 Å². The molecule has 1 heterocycles. The maximum atomic E-state index is 10.2. The molecule has 0 bridgehead atoms. The third kappa shape index (κ3) is 5.29. The van der Waals surface area contributed by atoms with E-state index in [0.717, 1.165) is 24.1 Å². The SMILES string of the molecule is CCCC(NCC(O)Cc1ccccc1)c1ccccn1. The first-order valence-corrected chi connectivity index (χ1v) is 7.66. The Kier molecular flexibility index (Phi) is 6.38. The molecule has 1 aromatic heterocycles. The van der Waals surface area contributed by atoms with Crippen LogP contribution in [0.3, 0.4) is 0 Å². The van der Waals surface area contributed by atoms with Gasteiger partial charge in [-0.15, -0.1) is 0 Å². The van der Waals surface area contributed by atoms with E-state index in [1.807, 2.05) is 54.7 Å². The lowest BCUT2D eigenvalue weighted by Gasteiger charge is -2.20. The Labute approximate surface area is 127 Å². The molecule has 2 aromatic rings. The van der Waals surface area contributed by atoms with Gasteiger partial charge in [0.25, 0.3) is 0 Å². The summed E-state index contributed by atoms with van der Waals surface area (Å²) in [5.74, 6) is 0. The summed E-state index contributed by atoms with van der Waals surface area (Å²) < 4.78 is 0. The molecule has 0 fully saturated rings. The summed E-state index contributed by atoms with van der Waals surface area (Å²) in [6.07, 6.45) is 4.23. The fourth-order valence-corrected chi connectivity index (χ4v) is 2.46. The molecule has 2 rings (SSSR count). The van der Waals surface area contributed by atoms with Gasteiger partial charge in [0.15, 0.2) is 0 Å². The van der Waals surface area contributed by atoms with Crippen molar-refractivity contribution in [2.45, 2.75) is 38.3 Å². The van der Waals surface area contributed by atoms with Gasteiger partial charge in [0.2, 0.25) is 0 Å². The van der Waals surface area contributed by atoms with E-state index < -0.39 is 0 Å². The van der Waals surface area contributed by atoms with Crippen LogP contribution in [-0.4, -0.2) is 22.7 Å². The number of hydrogen-bond donors (Lipinski definition) is 2. The Bertz CT molecular complexity index is 501. The number of nitrogens with one attached hydrogen (secondary N) is 1. The van der Waals surface area contributed by atoms with Crippen LogP contribution < -0.4 is 5.32 Å². The van der Waals surface area contributed by atoms with Crippen molar-refractivity contribution in [2.75, 3.05) is 6.54 Å². The quantitative estimate of drug-likeness (QED) is 0.783. The smallest absolute Gasteiger partial charge is 0.0705 e. The highest BCUT2D eigenvalue weighted by Gasteiger charge is 2.13. The van der Waals surface area contributed by atoms with E-state index in [-0.39, 0.29) is 12.1 Å². The van der Waals surface area contributed by atoms with E-state index >= 15 is 0 Å². The Morgan fingerprint density at radius 1 is 1.10 bits per heavy atom. The normalized spacial score (nSPS) is 13.8. The lowest BCUT2D eigenvalue weighted by Crippen LogP contribution is -2.32. The van der Waals surface area contributed by atoms with Crippen molar-refractivity contribution in [3.05, 3.63) is 66.0 Å². The van der Waals surface area contributed by atoms with Crippen LogP contribution >= 0.6 is 0 Å². The minimum absolute atomic E-state index is 0.210. The summed E-state index contributed by atoms with van der Waals surface area (Å²) >= 11 is 0. The van der Waals surface area contributed by atoms with Crippen molar-refractivity contribution >= 4 is 0 Å². The third-order valence-electron chi connectivity index (χ3n) is 3.54. The number of rotatable bonds is 8. The molecule has 0 aliphatic heterocycles. The molecule has 0 spiro atoms. The van der Waals surface area contributed by atoms with Gasteiger partial charge < -0.3 is 10.4 Å². The molecule has 0 aliphatic carbocycles. The van der Waals surface area contributed by atoms with Crippen LogP contribution in [0.4, 0.5) is 0 Å². The Morgan fingerprint density at radius 2 is 1.86 bits per heavy atom. The Morgan fingerprint density at radius 3 is 2.52 bits per heavy atom. The zero-order valence-electron chi connectivity index (χ0n) is 12.6. The van der Waals surface area contributed by atoms with Gasteiger partial charge in [-0.3, -0.25) is 4.98 Å². The first-order valence-electron chi connectivity index (χ1n) is 7.66.